The summed E-state index contributed by atoms with van der Waals surface area (Å²) < 4.78 is 12.0. The molecule has 0 amide bonds. The highest BCUT2D eigenvalue weighted by atomic mass is 35.5. The van der Waals surface area contributed by atoms with E-state index in [9.17, 15) is 4.79 Å². The van der Waals surface area contributed by atoms with Crippen molar-refractivity contribution in [3.63, 3.8) is 0 Å². The minimum absolute atomic E-state index is 0.245. The summed E-state index contributed by atoms with van der Waals surface area (Å²) >= 11 is 18.8. The van der Waals surface area contributed by atoms with Crippen molar-refractivity contribution in [1.29, 1.82) is 0 Å². The van der Waals surface area contributed by atoms with Gasteiger partial charge in [0.1, 0.15) is 16.7 Å². The van der Waals surface area contributed by atoms with E-state index in [4.69, 9.17) is 44.3 Å². The van der Waals surface area contributed by atoms with Crippen LogP contribution in [0.3, 0.4) is 0 Å². The van der Waals surface area contributed by atoms with Crippen molar-refractivity contribution in [1.82, 2.24) is 9.55 Å². The molecule has 2 aromatic heterocycles. The van der Waals surface area contributed by atoms with Gasteiger partial charge in [0.05, 0.1) is 35.3 Å². The van der Waals surface area contributed by atoms with Crippen molar-refractivity contribution in [3.8, 4) is 22.8 Å². The molecule has 0 radical (unpaired) electrons. The fraction of sp³-hybridized carbons (Fsp3) is 0.176. The van der Waals surface area contributed by atoms with E-state index in [2.05, 4.69) is 4.98 Å². The van der Waals surface area contributed by atoms with Crippen molar-refractivity contribution in [2.75, 3.05) is 14.2 Å². The van der Waals surface area contributed by atoms with Crippen LogP contribution in [0.2, 0.25) is 15.2 Å². The molecule has 0 aliphatic carbocycles. The Hall–Kier alpha value is -1.95. The first-order valence-electron chi connectivity index (χ1n) is 7.14. The van der Waals surface area contributed by atoms with Crippen LogP contribution in [-0.2, 0) is 7.05 Å². The van der Waals surface area contributed by atoms with Gasteiger partial charge in [0.15, 0.2) is 0 Å². The van der Waals surface area contributed by atoms with Gasteiger partial charge in [0.2, 0.25) is 0 Å². The van der Waals surface area contributed by atoms with Crippen LogP contribution in [0, 0.1) is 0 Å². The molecule has 0 saturated heterocycles. The van der Waals surface area contributed by atoms with Gasteiger partial charge in [-0.05, 0) is 12.1 Å². The average molecular weight is 400 g/mol. The number of hydrogen-bond acceptors (Lipinski definition) is 4. The Bertz CT molecular complexity index is 1020. The number of halogens is 3. The second kappa shape index (κ2) is 6.75. The summed E-state index contributed by atoms with van der Waals surface area (Å²) in [6.45, 7) is 0. The van der Waals surface area contributed by atoms with Gasteiger partial charge >= 0.3 is 0 Å². The first kappa shape index (κ1) is 17.9. The van der Waals surface area contributed by atoms with Crippen LogP contribution in [0.5, 0.6) is 11.5 Å². The lowest BCUT2D eigenvalue weighted by Crippen LogP contribution is -2.19. The average Bonchev–Trinajstić information content (AvgIpc) is 2.60. The monoisotopic (exact) mass is 398 g/mol. The van der Waals surface area contributed by atoms with Crippen LogP contribution in [0.15, 0.2) is 29.2 Å². The number of aromatic nitrogens is 2. The maximum Gasteiger partial charge on any atom is 0.258 e. The molecule has 1 aromatic carbocycles. The lowest BCUT2D eigenvalue weighted by molar-refractivity contribution is 0.395. The molecule has 130 valence electrons. The molecular formula is C17H13Cl3N2O3. The molecular weight excluding hydrogens is 387 g/mol. The molecule has 0 N–H and O–H groups in total. The van der Waals surface area contributed by atoms with Gasteiger partial charge in [0.25, 0.3) is 5.56 Å². The number of nitrogens with zero attached hydrogens (tertiary/aromatic N) is 2. The maximum atomic E-state index is 12.7. The number of fused-ring (bicyclic) bond motifs is 1. The van der Waals surface area contributed by atoms with Gasteiger partial charge in [0, 0.05) is 30.3 Å². The second-order valence-corrected chi connectivity index (χ2v) is 6.42. The van der Waals surface area contributed by atoms with Crippen LogP contribution < -0.4 is 15.0 Å². The van der Waals surface area contributed by atoms with E-state index >= 15 is 0 Å². The minimum Gasteiger partial charge on any atom is -0.495 e. The quantitative estimate of drug-likeness (QED) is 0.605. The molecule has 5 nitrogen and oxygen atoms in total. The molecule has 0 unspecified atom stereocenters. The molecule has 0 aliphatic heterocycles. The summed E-state index contributed by atoms with van der Waals surface area (Å²) in [4.78, 5) is 16.8. The zero-order valence-electron chi connectivity index (χ0n) is 13.6. The predicted octanol–water partition coefficient (Wildman–Crippen LogP) is 4.58. The SMILES string of the molecule is COc1cc(OC)c(Cl)c(-c2cc3cnc(Cl)cc3c(=O)n2C)c1Cl. The molecule has 0 saturated carbocycles. The lowest BCUT2D eigenvalue weighted by Gasteiger charge is -2.17. The number of rotatable bonds is 3. The summed E-state index contributed by atoms with van der Waals surface area (Å²) in [5.41, 5.74) is 0.704. The third-order valence-electron chi connectivity index (χ3n) is 3.92. The Morgan fingerprint density at radius 2 is 1.60 bits per heavy atom. The number of methoxy groups -OCH3 is 2. The summed E-state index contributed by atoms with van der Waals surface area (Å²) in [6, 6.07) is 4.89. The molecule has 0 aliphatic rings. The first-order valence-corrected chi connectivity index (χ1v) is 8.28. The maximum absolute atomic E-state index is 12.7. The Morgan fingerprint density at radius 3 is 2.16 bits per heavy atom. The van der Waals surface area contributed by atoms with Crippen molar-refractivity contribution in [2.45, 2.75) is 0 Å². The Morgan fingerprint density at radius 1 is 1.00 bits per heavy atom. The minimum atomic E-state index is -0.245. The predicted molar refractivity (Wildman–Crippen MR) is 101 cm³/mol. The van der Waals surface area contributed by atoms with Crippen molar-refractivity contribution in [3.05, 3.63) is 49.9 Å². The van der Waals surface area contributed by atoms with Crippen molar-refractivity contribution in [2.24, 2.45) is 7.05 Å². The molecule has 0 bridgehead atoms. The number of pyridine rings is 2. The van der Waals surface area contributed by atoms with Crippen molar-refractivity contribution >= 4 is 45.6 Å². The van der Waals surface area contributed by atoms with Crippen LogP contribution in [0.4, 0.5) is 0 Å². The molecule has 3 rings (SSSR count). The first-order chi connectivity index (χ1) is 11.9. The van der Waals surface area contributed by atoms with Gasteiger partial charge in [-0.25, -0.2) is 4.98 Å². The van der Waals surface area contributed by atoms with Gasteiger partial charge < -0.3 is 14.0 Å². The smallest absolute Gasteiger partial charge is 0.258 e. The normalized spacial score (nSPS) is 11.0. The van der Waals surface area contributed by atoms with E-state index in [1.54, 1.807) is 19.2 Å². The fourth-order valence-electron chi connectivity index (χ4n) is 2.63. The van der Waals surface area contributed by atoms with Crippen LogP contribution in [0.25, 0.3) is 22.0 Å². The highest BCUT2D eigenvalue weighted by Gasteiger charge is 2.21. The lowest BCUT2D eigenvalue weighted by atomic mass is 10.1. The van der Waals surface area contributed by atoms with Crippen LogP contribution >= 0.6 is 34.8 Å². The topological polar surface area (TPSA) is 53.4 Å². The largest absolute Gasteiger partial charge is 0.495 e. The zero-order valence-corrected chi connectivity index (χ0v) is 15.8. The highest BCUT2D eigenvalue weighted by molar-refractivity contribution is 6.41. The number of ether oxygens (including phenoxy) is 2. The van der Waals surface area contributed by atoms with Crippen LogP contribution in [0.1, 0.15) is 0 Å². The summed E-state index contributed by atoms with van der Waals surface area (Å²) in [5.74, 6) is 0.777. The molecule has 0 atom stereocenters. The molecule has 0 fully saturated rings. The van der Waals surface area contributed by atoms with E-state index < -0.39 is 0 Å². The molecule has 2 heterocycles. The van der Waals surface area contributed by atoms with Crippen LogP contribution in [-0.4, -0.2) is 23.8 Å². The van der Waals surface area contributed by atoms with Gasteiger partial charge in [-0.1, -0.05) is 34.8 Å². The Balaban J connectivity index is 2.43. The summed E-state index contributed by atoms with van der Waals surface area (Å²) in [6.07, 6.45) is 1.53. The Labute approximate surface area is 158 Å². The van der Waals surface area contributed by atoms with E-state index in [0.29, 0.717) is 33.5 Å². The van der Waals surface area contributed by atoms with E-state index in [-0.39, 0.29) is 20.8 Å². The van der Waals surface area contributed by atoms with Gasteiger partial charge in [-0.15, -0.1) is 0 Å². The van der Waals surface area contributed by atoms with Gasteiger partial charge in [-0.3, -0.25) is 4.79 Å². The highest BCUT2D eigenvalue weighted by Crippen LogP contribution is 2.45. The molecule has 3 aromatic rings. The fourth-order valence-corrected chi connectivity index (χ4v) is 3.48. The standard InChI is InChI=1S/C17H13Cl3N2O3/c1-22-10(4-8-7-21-13(18)5-9(8)17(22)23)14-15(19)11(24-2)6-12(25-3)16(14)20/h4-7H,1-3H3. The van der Waals surface area contributed by atoms with Crippen molar-refractivity contribution < 1.29 is 9.47 Å². The third-order valence-corrected chi connectivity index (χ3v) is 4.88. The number of hydrogen-bond donors (Lipinski definition) is 0. The third kappa shape index (κ3) is 2.92. The molecule has 25 heavy (non-hydrogen) atoms. The number of benzene rings is 1. The Kier molecular flexibility index (Phi) is 4.82. The molecule has 0 spiro atoms. The summed E-state index contributed by atoms with van der Waals surface area (Å²) in [5, 5.41) is 1.88. The molecule has 8 heteroatoms. The van der Waals surface area contributed by atoms with Gasteiger partial charge in [-0.2, -0.15) is 0 Å². The zero-order chi connectivity index (χ0) is 18.3. The second-order valence-electron chi connectivity index (χ2n) is 5.27. The summed E-state index contributed by atoms with van der Waals surface area (Å²) in [7, 11) is 4.61. The van der Waals surface area contributed by atoms with E-state index in [1.165, 1.54) is 31.0 Å². The van der Waals surface area contributed by atoms with E-state index in [1.807, 2.05) is 0 Å². The van der Waals surface area contributed by atoms with E-state index in [0.717, 1.165) is 0 Å².